The molecule has 1 aromatic heterocycles. The molecule has 0 saturated heterocycles. The van der Waals surface area contributed by atoms with Gasteiger partial charge in [-0.25, -0.2) is 14.6 Å². The first kappa shape index (κ1) is 21.9. The first-order valence-electron chi connectivity index (χ1n) is 9.62. The van der Waals surface area contributed by atoms with Crippen molar-refractivity contribution in [1.82, 2.24) is 9.97 Å². The van der Waals surface area contributed by atoms with Crippen molar-refractivity contribution in [3.63, 3.8) is 0 Å². The minimum absolute atomic E-state index is 0.115. The Bertz CT molecular complexity index is 1110. The summed E-state index contributed by atoms with van der Waals surface area (Å²) in [7, 11) is 1.18. The summed E-state index contributed by atoms with van der Waals surface area (Å²) in [5.74, 6) is -1.26. The molecule has 2 N–H and O–H groups in total. The number of aromatic nitrogens is 2. The number of hydrogen-bond acceptors (Lipinski definition) is 7. The van der Waals surface area contributed by atoms with E-state index in [0.717, 1.165) is 16.7 Å². The Morgan fingerprint density at radius 2 is 1.74 bits per heavy atom. The van der Waals surface area contributed by atoms with E-state index in [1.54, 1.807) is 18.2 Å². The maximum atomic E-state index is 12.2. The van der Waals surface area contributed by atoms with Gasteiger partial charge in [-0.1, -0.05) is 29.8 Å². The van der Waals surface area contributed by atoms with Crippen LogP contribution >= 0.6 is 0 Å². The summed E-state index contributed by atoms with van der Waals surface area (Å²) in [6.45, 7) is 4.90. The first-order chi connectivity index (χ1) is 14.8. The highest BCUT2D eigenvalue weighted by atomic mass is 16.6. The van der Waals surface area contributed by atoms with Gasteiger partial charge in [0.25, 0.3) is 0 Å². The number of nitrogens with one attached hydrogen (secondary N) is 1. The zero-order chi connectivity index (χ0) is 22.5. The first-order valence-corrected chi connectivity index (χ1v) is 9.62. The summed E-state index contributed by atoms with van der Waals surface area (Å²) in [6, 6.07) is 11.1. The topological polar surface area (TPSA) is 111 Å². The molecule has 1 heterocycles. The third-order valence-electron chi connectivity index (χ3n) is 4.61. The van der Waals surface area contributed by atoms with Gasteiger partial charge in [0.1, 0.15) is 29.5 Å². The van der Waals surface area contributed by atoms with Crippen LogP contribution in [-0.4, -0.2) is 47.3 Å². The number of nitrogens with zero attached hydrogens (tertiary/aromatic N) is 1. The van der Waals surface area contributed by atoms with Crippen LogP contribution in [0.4, 0.5) is 0 Å². The Morgan fingerprint density at radius 3 is 2.39 bits per heavy atom. The van der Waals surface area contributed by atoms with Gasteiger partial charge in [-0.3, -0.25) is 0 Å². The SMILES string of the molecule is COC(=O)/C(=C(/O)COC(=O)COc1c(C)cc(C)cc1C)c1nc2ccccc2[nH]1. The number of carbonyl (C=O) groups is 2. The standard InChI is InChI=1S/C23H24N2O6/c1-13-9-14(2)21(15(3)10-13)31-12-19(27)30-11-18(26)20(23(28)29-4)22-24-16-7-5-6-8-17(16)25-22/h5-10,26H,11-12H2,1-4H3,(H,24,25)/b20-18+. The van der Waals surface area contributed by atoms with E-state index in [1.807, 2.05) is 39.0 Å². The van der Waals surface area contributed by atoms with Crippen LogP contribution in [0.3, 0.4) is 0 Å². The van der Waals surface area contributed by atoms with Crippen molar-refractivity contribution in [3.05, 3.63) is 64.7 Å². The molecular formula is C23H24N2O6. The summed E-state index contributed by atoms with van der Waals surface area (Å²) >= 11 is 0. The van der Waals surface area contributed by atoms with Crippen molar-refractivity contribution in [2.75, 3.05) is 20.3 Å². The number of methoxy groups -OCH3 is 1. The van der Waals surface area contributed by atoms with Crippen LogP contribution in [0.25, 0.3) is 16.6 Å². The number of aliphatic hydroxyl groups is 1. The molecular weight excluding hydrogens is 400 g/mol. The lowest BCUT2D eigenvalue weighted by Crippen LogP contribution is -2.18. The average molecular weight is 424 g/mol. The summed E-state index contributed by atoms with van der Waals surface area (Å²) in [4.78, 5) is 31.6. The number of imidazole rings is 1. The molecule has 0 spiro atoms. The van der Waals surface area contributed by atoms with E-state index >= 15 is 0 Å². The zero-order valence-electron chi connectivity index (χ0n) is 17.8. The lowest BCUT2D eigenvalue weighted by molar-refractivity contribution is -0.146. The highest BCUT2D eigenvalue weighted by Gasteiger charge is 2.23. The fourth-order valence-corrected chi connectivity index (χ4v) is 3.31. The highest BCUT2D eigenvalue weighted by Crippen LogP contribution is 2.24. The fourth-order valence-electron chi connectivity index (χ4n) is 3.31. The normalized spacial score (nSPS) is 11.7. The van der Waals surface area contributed by atoms with Gasteiger partial charge in [0.2, 0.25) is 0 Å². The quantitative estimate of drug-likeness (QED) is 0.339. The summed E-state index contributed by atoms with van der Waals surface area (Å²) in [5.41, 5.74) is 4.00. The molecule has 162 valence electrons. The Morgan fingerprint density at radius 1 is 1.06 bits per heavy atom. The lowest BCUT2D eigenvalue weighted by Gasteiger charge is -2.13. The number of carbonyl (C=O) groups excluding carboxylic acids is 2. The number of fused-ring (bicyclic) bond motifs is 1. The zero-order valence-corrected chi connectivity index (χ0v) is 17.8. The molecule has 8 heteroatoms. The Kier molecular flexibility index (Phi) is 6.59. The Hall–Kier alpha value is -3.81. The number of ether oxygens (including phenoxy) is 3. The second-order valence-corrected chi connectivity index (χ2v) is 7.09. The van der Waals surface area contributed by atoms with Crippen molar-refractivity contribution in [1.29, 1.82) is 0 Å². The fraction of sp³-hybridized carbons (Fsp3) is 0.261. The van der Waals surface area contributed by atoms with E-state index in [-0.39, 0.29) is 18.0 Å². The van der Waals surface area contributed by atoms with E-state index in [1.165, 1.54) is 7.11 Å². The van der Waals surface area contributed by atoms with Gasteiger partial charge < -0.3 is 24.3 Å². The molecule has 0 aliphatic carbocycles. The number of aryl methyl sites for hydroxylation is 3. The van der Waals surface area contributed by atoms with Gasteiger partial charge in [-0.2, -0.15) is 0 Å². The maximum Gasteiger partial charge on any atom is 0.345 e. The van der Waals surface area contributed by atoms with Crippen molar-refractivity contribution in [2.24, 2.45) is 0 Å². The Labute approximate surface area is 179 Å². The predicted molar refractivity (Wildman–Crippen MR) is 115 cm³/mol. The van der Waals surface area contributed by atoms with Gasteiger partial charge in [-0.05, 0) is 44.0 Å². The molecule has 0 saturated carbocycles. The molecule has 0 amide bonds. The summed E-state index contributed by atoms with van der Waals surface area (Å²) in [5, 5.41) is 10.4. The second-order valence-electron chi connectivity index (χ2n) is 7.09. The Balaban J connectivity index is 1.71. The van der Waals surface area contributed by atoms with Gasteiger partial charge in [0, 0.05) is 0 Å². The van der Waals surface area contributed by atoms with Crippen LogP contribution in [0, 0.1) is 20.8 Å². The molecule has 31 heavy (non-hydrogen) atoms. The molecule has 3 aromatic rings. The number of H-pyrrole nitrogens is 1. The average Bonchev–Trinajstić information content (AvgIpc) is 3.14. The van der Waals surface area contributed by atoms with Crippen molar-refractivity contribution >= 4 is 28.5 Å². The number of para-hydroxylation sites is 2. The lowest BCUT2D eigenvalue weighted by atomic mass is 10.1. The predicted octanol–water partition coefficient (Wildman–Crippen LogP) is 3.55. The largest absolute Gasteiger partial charge is 0.508 e. The van der Waals surface area contributed by atoms with Crippen LogP contribution in [0.15, 0.2) is 42.2 Å². The minimum Gasteiger partial charge on any atom is -0.508 e. The molecule has 2 aromatic carbocycles. The van der Waals surface area contributed by atoms with Gasteiger partial charge in [0.15, 0.2) is 6.61 Å². The monoisotopic (exact) mass is 424 g/mol. The van der Waals surface area contributed by atoms with Crippen LogP contribution < -0.4 is 4.74 Å². The van der Waals surface area contributed by atoms with Crippen LogP contribution in [0.1, 0.15) is 22.5 Å². The van der Waals surface area contributed by atoms with Crippen LogP contribution in [0.2, 0.25) is 0 Å². The molecule has 0 bridgehead atoms. The molecule has 0 aliphatic rings. The number of benzene rings is 2. The van der Waals surface area contributed by atoms with Crippen molar-refractivity contribution in [2.45, 2.75) is 20.8 Å². The van der Waals surface area contributed by atoms with E-state index in [2.05, 4.69) is 9.97 Å². The molecule has 3 rings (SSSR count). The smallest absolute Gasteiger partial charge is 0.345 e. The van der Waals surface area contributed by atoms with Crippen LogP contribution in [-0.2, 0) is 19.1 Å². The molecule has 0 atom stereocenters. The van der Waals surface area contributed by atoms with Crippen molar-refractivity contribution < 1.29 is 28.9 Å². The summed E-state index contributed by atoms with van der Waals surface area (Å²) in [6.07, 6.45) is 0. The van der Waals surface area contributed by atoms with E-state index in [0.29, 0.717) is 16.8 Å². The molecule has 0 aliphatic heterocycles. The third-order valence-corrected chi connectivity index (χ3v) is 4.61. The third kappa shape index (κ3) is 5.03. The van der Waals surface area contributed by atoms with Gasteiger partial charge in [0.05, 0.1) is 18.1 Å². The molecule has 0 radical (unpaired) electrons. The maximum absolute atomic E-state index is 12.2. The minimum atomic E-state index is -0.810. The number of hydrogen-bond donors (Lipinski definition) is 2. The number of aliphatic hydroxyl groups excluding tert-OH is 1. The van der Waals surface area contributed by atoms with E-state index < -0.39 is 24.3 Å². The van der Waals surface area contributed by atoms with Gasteiger partial charge in [-0.15, -0.1) is 0 Å². The number of aromatic amines is 1. The van der Waals surface area contributed by atoms with Crippen LogP contribution in [0.5, 0.6) is 5.75 Å². The second kappa shape index (κ2) is 9.34. The number of esters is 2. The molecule has 0 unspecified atom stereocenters. The molecule has 8 nitrogen and oxygen atoms in total. The van der Waals surface area contributed by atoms with E-state index in [4.69, 9.17) is 14.2 Å². The number of rotatable bonds is 7. The van der Waals surface area contributed by atoms with Crippen molar-refractivity contribution in [3.8, 4) is 5.75 Å². The van der Waals surface area contributed by atoms with E-state index in [9.17, 15) is 14.7 Å². The van der Waals surface area contributed by atoms with Gasteiger partial charge >= 0.3 is 11.9 Å². The highest BCUT2D eigenvalue weighted by molar-refractivity contribution is 6.16. The summed E-state index contributed by atoms with van der Waals surface area (Å²) < 4.78 is 15.4. The molecule has 0 fully saturated rings.